The Hall–Kier alpha value is -0.770. The van der Waals surface area contributed by atoms with Gasteiger partial charge < -0.3 is 15.3 Å². The highest BCUT2D eigenvalue weighted by atomic mass is 16.3. The number of rotatable bonds is 6. The highest BCUT2D eigenvalue weighted by Gasteiger charge is 2.16. The van der Waals surface area contributed by atoms with Crippen LogP contribution < -0.4 is 5.32 Å². The molecule has 2 amide bonds. The smallest absolute Gasteiger partial charge is 0.317 e. The summed E-state index contributed by atoms with van der Waals surface area (Å²) < 4.78 is 0. The van der Waals surface area contributed by atoms with E-state index in [2.05, 4.69) is 26.1 Å². The van der Waals surface area contributed by atoms with Gasteiger partial charge in [-0.15, -0.1) is 0 Å². The molecule has 0 rings (SSSR count). The number of amides is 2. The van der Waals surface area contributed by atoms with Crippen LogP contribution in [-0.4, -0.2) is 41.8 Å². The summed E-state index contributed by atoms with van der Waals surface area (Å²) in [6, 6.07) is 0.0948. The topological polar surface area (TPSA) is 52.6 Å². The molecule has 17 heavy (non-hydrogen) atoms. The Bertz CT molecular complexity index is 224. The number of hydrogen-bond donors (Lipinski definition) is 2. The van der Waals surface area contributed by atoms with Gasteiger partial charge in [-0.3, -0.25) is 0 Å². The summed E-state index contributed by atoms with van der Waals surface area (Å²) in [5.74, 6) is 0. The number of carbonyl (C=O) groups excluding carboxylic acids is 1. The molecule has 0 aromatic carbocycles. The molecule has 0 saturated carbocycles. The molecule has 1 unspecified atom stereocenters. The van der Waals surface area contributed by atoms with Crippen molar-refractivity contribution in [2.75, 3.05) is 19.7 Å². The number of aliphatic hydroxyl groups excluding tert-OH is 1. The third-order valence-electron chi connectivity index (χ3n) is 2.74. The molecule has 0 aromatic heterocycles. The summed E-state index contributed by atoms with van der Waals surface area (Å²) >= 11 is 0. The molecule has 0 bridgehead atoms. The Kier molecular flexibility index (Phi) is 7.19. The maximum atomic E-state index is 11.8. The van der Waals surface area contributed by atoms with Crippen molar-refractivity contribution in [1.29, 1.82) is 0 Å². The fourth-order valence-corrected chi connectivity index (χ4v) is 1.55. The lowest BCUT2D eigenvalue weighted by Crippen LogP contribution is -2.45. The molecule has 0 heterocycles. The Morgan fingerprint density at radius 2 is 2.00 bits per heavy atom. The lowest BCUT2D eigenvalue weighted by molar-refractivity contribution is 0.176. The first-order valence-corrected chi connectivity index (χ1v) is 6.46. The fourth-order valence-electron chi connectivity index (χ4n) is 1.55. The average Bonchev–Trinajstić information content (AvgIpc) is 2.22. The van der Waals surface area contributed by atoms with Gasteiger partial charge in [-0.05, 0) is 32.1 Å². The van der Waals surface area contributed by atoms with E-state index in [-0.39, 0.29) is 18.7 Å². The van der Waals surface area contributed by atoms with Crippen LogP contribution in [0.5, 0.6) is 0 Å². The van der Waals surface area contributed by atoms with Crippen molar-refractivity contribution in [2.45, 2.75) is 53.5 Å². The van der Waals surface area contributed by atoms with Crippen LogP contribution in [0.3, 0.4) is 0 Å². The van der Waals surface area contributed by atoms with Crippen molar-refractivity contribution >= 4 is 6.03 Å². The van der Waals surface area contributed by atoms with Crippen molar-refractivity contribution in [3.63, 3.8) is 0 Å². The van der Waals surface area contributed by atoms with Crippen LogP contribution in [0, 0.1) is 5.41 Å². The zero-order chi connectivity index (χ0) is 13.5. The van der Waals surface area contributed by atoms with Crippen LogP contribution in [0.2, 0.25) is 0 Å². The molecule has 1 atom stereocenters. The summed E-state index contributed by atoms with van der Waals surface area (Å²) in [5.41, 5.74) is 0.300. The SMILES string of the molecule is CCN(CCO)C(=O)NC(C)CCC(C)(C)C. The van der Waals surface area contributed by atoms with Crippen molar-refractivity contribution in [2.24, 2.45) is 5.41 Å². The average molecular weight is 244 g/mol. The third-order valence-corrected chi connectivity index (χ3v) is 2.74. The van der Waals surface area contributed by atoms with Crippen LogP contribution in [0.1, 0.15) is 47.5 Å². The van der Waals surface area contributed by atoms with E-state index in [1.807, 2.05) is 13.8 Å². The molecule has 0 aliphatic rings. The molecule has 0 fully saturated rings. The summed E-state index contributed by atoms with van der Waals surface area (Å²) in [7, 11) is 0. The van der Waals surface area contributed by atoms with E-state index in [9.17, 15) is 4.79 Å². The van der Waals surface area contributed by atoms with E-state index in [1.54, 1.807) is 4.90 Å². The standard InChI is InChI=1S/C13H28N2O2/c1-6-15(9-10-16)12(17)14-11(2)7-8-13(3,4)5/h11,16H,6-10H2,1-5H3,(H,14,17). The number of nitrogens with one attached hydrogen (secondary N) is 1. The van der Waals surface area contributed by atoms with E-state index >= 15 is 0 Å². The van der Waals surface area contributed by atoms with Gasteiger partial charge in [-0.2, -0.15) is 0 Å². The third kappa shape index (κ3) is 8.02. The van der Waals surface area contributed by atoms with Gasteiger partial charge >= 0.3 is 6.03 Å². The molecular weight excluding hydrogens is 216 g/mol. The molecule has 2 N–H and O–H groups in total. The van der Waals surface area contributed by atoms with Crippen LogP contribution >= 0.6 is 0 Å². The first-order valence-electron chi connectivity index (χ1n) is 6.46. The minimum absolute atomic E-state index is 0.0115. The lowest BCUT2D eigenvalue weighted by atomic mass is 9.89. The molecule has 0 aliphatic carbocycles. The van der Waals surface area contributed by atoms with Crippen molar-refractivity contribution in [3.05, 3.63) is 0 Å². The number of nitrogens with zero attached hydrogens (tertiary/aromatic N) is 1. The summed E-state index contributed by atoms with van der Waals surface area (Å²) in [4.78, 5) is 13.4. The summed E-state index contributed by atoms with van der Waals surface area (Å²) in [6.07, 6.45) is 2.06. The molecule has 0 radical (unpaired) electrons. The van der Waals surface area contributed by atoms with Crippen LogP contribution in [0.25, 0.3) is 0 Å². The Balaban J connectivity index is 4.01. The van der Waals surface area contributed by atoms with Crippen LogP contribution in [0.4, 0.5) is 4.79 Å². The molecule has 4 heteroatoms. The minimum atomic E-state index is -0.0806. The maximum Gasteiger partial charge on any atom is 0.317 e. The van der Waals surface area contributed by atoms with Gasteiger partial charge in [0.25, 0.3) is 0 Å². The van der Waals surface area contributed by atoms with E-state index in [0.717, 1.165) is 12.8 Å². The van der Waals surface area contributed by atoms with Gasteiger partial charge in [-0.25, -0.2) is 4.79 Å². The predicted octanol–water partition coefficient (Wildman–Crippen LogP) is 2.22. The van der Waals surface area contributed by atoms with E-state index in [1.165, 1.54) is 0 Å². The normalized spacial score (nSPS) is 13.3. The second kappa shape index (κ2) is 7.54. The molecule has 0 spiro atoms. The second-order valence-corrected chi connectivity index (χ2v) is 5.75. The fraction of sp³-hybridized carbons (Fsp3) is 0.923. The zero-order valence-corrected chi connectivity index (χ0v) is 11.9. The molecule has 0 aromatic rings. The Labute approximate surface area is 105 Å². The van der Waals surface area contributed by atoms with E-state index in [4.69, 9.17) is 5.11 Å². The molecule has 102 valence electrons. The first-order chi connectivity index (χ1) is 7.80. The van der Waals surface area contributed by atoms with Crippen molar-refractivity contribution in [1.82, 2.24) is 10.2 Å². The molecule has 4 nitrogen and oxygen atoms in total. The van der Waals surface area contributed by atoms with Crippen LogP contribution in [0.15, 0.2) is 0 Å². The van der Waals surface area contributed by atoms with Crippen molar-refractivity contribution in [3.8, 4) is 0 Å². The van der Waals surface area contributed by atoms with E-state index in [0.29, 0.717) is 18.5 Å². The Morgan fingerprint density at radius 3 is 2.41 bits per heavy atom. The van der Waals surface area contributed by atoms with Gasteiger partial charge in [0.1, 0.15) is 0 Å². The quantitative estimate of drug-likeness (QED) is 0.753. The molecule has 0 saturated heterocycles. The highest BCUT2D eigenvalue weighted by molar-refractivity contribution is 5.74. The number of carbonyl (C=O) groups is 1. The van der Waals surface area contributed by atoms with Crippen LogP contribution in [-0.2, 0) is 0 Å². The van der Waals surface area contributed by atoms with Gasteiger partial charge in [0.2, 0.25) is 0 Å². The monoisotopic (exact) mass is 244 g/mol. The maximum absolute atomic E-state index is 11.8. The number of likely N-dealkylation sites (N-methyl/N-ethyl adjacent to an activating group) is 1. The van der Waals surface area contributed by atoms with Gasteiger partial charge in [0.05, 0.1) is 6.61 Å². The number of urea groups is 1. The van der Waals surface area contributed by atoms with Gasteiger partial charge in [0, 0.05) is 19.1 Å². The van der Waals surface area contributed by atoms with E-state index < -0.39 is 0 Å². The lowest BCUT2D eigenvalue weighted by Gasteiger charge is -2.25. The largest absolute Gasteiger partial charge is 0.395 e. The number of hydrogen-bond acceptors (Lipinski definition) is 2. The Morgan fingerprint density at radius 1 is 1.41 bits per heavy atom. The number of aliphatic hydroxyl groups is 1. The zero-order valence-electron chi connectivity index (χ0n) is 11.9. The predicted molar refractivity (Wildman–Crippen MR) is 71.0 cm³/mol. The second-order valence-electron chi connectivity index (χ2n) is 5.75. The van der Waals surface area contributed by atoms with Crippen molar-refractivity contribution < 1.29 is 9.90 Å². The first kappa shape index (κ1) is 16.2. The molecule has 0 aliphatic heterocycles. The highest BCUT2D eigenvalue weighted by Crippen LogP contribution is 2.21. The minimum Gasteiger partial charge on any atom is -0.395 e. The van der Waals surface area contributed by atoms with Gasteiger partial charge in [-0.1, -0.05) is 20.8 Å². The molecular formula is C13H28N2O2. The summed E-state index contributed by atoms with van der Waals surface area (Å²) in [5, 5.41) is 11.8. The summed E-state index contributed by atoms with van der Waals surface area (Å²) in [6.45, 7) is 11.6. The van der Waals surface area contributed by atoms with Gasteiger partial charge in [0.15, 0.2) is 0 Å².